The molecule has 1 aromatic carbocycles. The Morgan fingerprint density at radius 2 is 1.84 bits per heavy atom. The molecule has 0 aliphatic carbocycles. The molecule has 7 heteroatoms. The number of benzene rings is 1. The molecule has 0 radical (unpaired) electrons. The number of phenolic OH excluding ortho intramolecular Hbond substituents is 1. The van der Waals surface area contributed by atoms with Crippen molar-refractivity contribution in [2.75, 3.05) is 38.1 Å². The number of hydrogen-bond acceptors (Lipinski definition) is 4. The molecule has 0 atom stereocenters. The number of phenols is 1. The number of piperazine rings is 1. The molecule has 5 nitrogen and oxygen atoms in total. The second-order valence-electron chi connectivity index (χ2n) is 4.51. The Labute approximate surface area is 108 Å². The zero-order valence-electron chi connectivity index (χ0n) is 10.4. The molecule has 0 aromatic heterocycles. The first-order valence-electron chi connectivity index (χ1n) is 5.79. The van der Waals surface area contributed by atoms with Crippen LogP contribution in [0.2, 0.25) is 0 Å². The highest BCUT2D eigenvalue weighted by Crippen LogP contribution is 2.35. The lowest BCUT2D eigenvalue weighted by molar-refractivity contribution is 0.0690. The van der Waals surface area contributed by atoms with Crippen molar-refractivity contribution in [1.82, 2.24) is 4.90 Å². The molecule has 1 fully saturated rings. The van der Waals surface area contributed by atoms with Gasteiger partial charge in [-0.05, 0) is 13.1 Å². The first-order chi connectivity index (χ1) is 8.91. The van der Waals surface area contributed by atoms with Gasteiger partial charge in [0.2, 0.25) is 0 Å². The monoisotopic (exact) mass is 272 g/mol. The summed E-state index contributed by atoms with van der Waals surface area (Å²) in [6.45, 7) is 2.18. The van der Waals surface area contributed by atoms with Gasteiger partial charge in [-0.2, -0.15) is 0 Å². The van der Waals surface area contributed by atoms with Gasteiger partial charge in [0.05, 0.1) is 0 Å². The molecule has 0 saturated carbocycles. The lowest BCUT2D eigenvalue weighted by atomic mass is 10.1. The van der Waals surface area contributed by atoms with E-state index in [1.807, 2.05) is 11.9 Å². The van der Waals surface area contributed by atoms with Gasteiger partial charge >= 0.3 is 5.97 Å². The Morgan fingerprint density at radius 3 is 2.37 bits per heavy atom. The number of likely N-dealkylation sites (N-methyl/N-ethyl adjacent to an activating group) is 1. The predicted octanol–water partition coefficient (Wildman–Crippen LogP) is 1.12. The summed E-state index contributed by atoms with van der Waals surface area (Å²) in [6, 6.07) is 0.602. The average Bonchev–Trinajstić information content (AvgIpc) is 2.36. The van der Waals surface area contributed by atoms with Crippen LogP contribution < -0.4 is 4.90 Å². The molecule has 0 bridgehead atoms. The number of aromatic hydroxyl groups is 1. The smallest absolute Gasteiger partial charge is 0.338 e. The van der Waals surface area contributed by atoms with Crippen LogP contribution in [0.15, 0.2) is 6.07 Å². The van der Waals surface area contributed by atoms with Crippen LogP contribution in [0.4, 0.5) is 14.5 Å². The lowest BCUT2D eigenvalue weighted by Gasteiger charge is -2.34. The number of hydrogen-bond donors (Lipinski definition) is 2. The minimum atomic E-state index is -1.61. The summed E-state index contributed by atoms with van der Waals surface area (Å²) in [5, 5.41) is 18.4. The van der Waals surface area contributed by atoms with E-state index in [4.69, 9.17) is 5.11 Å². The van der Waals surface area contributed by atoms with Gasteiger partial charge in [0.1, 0.15) is 11.3 Å². The summed E-state index contributed by atoms with van der Waals surface area (Å²) >= 11 is 0. The third kappa shape index (κ3) is 2.46. The Morgan fingerprint density at radius 1 is 1.26 bits per heavy atom. The number of anilines is 1. The van der Waals surface area contributed by atoms with Gasteiger partial charge in [-0.3, -0.25) is 0 Å². The van der Waals surface area contributed by atoms with Gasteiger partial charge in [-0.25, -0.2) is 13.6 Å². The van der Waals surface area contributed by atoms with Crippen molar-refractivity contribution in [2.45, 2.75) is 0 Å². The van der Waals surface area contributed by atoms with Gasteiger partial charge in [-0.15, -0.1) is 0 Å². The van der Waals surface area contributed by atoms with E-state index in [-0.39, 0.29) is 5.69 Å². The molecule has 104 valence electrons. The second kappa shape index (κ2) is 5.00. The van der Waals surface area contributed by atoms with Crippen LogP contribution in [-0.2, 0) is 0 Å². The number of carboxylic acids is 1. The molecule has 0 amide bonds. The maximum atomic E-state index is 13.9. The maximum absolute atomic E-state index is 13.9. The molecule has 1 heterocycles. The molecular formula is C12H14F2N2O3. The number of rotatable bonds is 2. The van der Waals surface area contributed by atoms with E-state index in [0.717, 1.165) is 0 Å². The summed E-state index contributed by atoms with van der Waals surface area (Å²) in [4.78, 5) is 14.3. The maximum Gasteiger partial charge on any atom is 0.338 e. The summed E-state index contributed by atoms with van der Waals surface area (Å²) in [6.07, 6.45) is 0. The predicted molar refractivity (Wildman–Crippen MR) is 64.7 cm³/mol. The number of halogens is 2. The minimum absolute atomic E-state index is 0.268. The highest BCUT2D eigenvalue weighted by atomic mass is 19.1. The van der Waals surface area contributed by atoms with Gasteiger partial charge in [-0.1, -0.05) is 0 Å². The first kappa shape index (κ1) is 13.5. The van der Waals surface area contributed by atoms with Crippen molar-refractivity contribution < 1.29 is 23.8 Å². The van der Waals surface area contributed by atoms with Crippen LogP contribution in [0, 0.1) is 11.6 Å². The average molecular weight is 272 g/mol. The Kier molecular flexibility index (Phi) is 3.57. The molecule has 1 saturated heterocycles. The molecular weight excluding hydrogens is 258 g/mol. The molecule has 1 aromatic rings. The fourth-order valence-corrected chi connectivity index (χ4v) is 2.09. The zero-order valence-corrected chi connectivity index (χ0v) is 10.4. The fraction of sp³-hybridized carbons (Fsp3) is 0.417. The van der Waals surface area contributed by atoms with Crippen molar-refractivity contribution in [3.63, 3.8) is 0 Å². The van der Waals surface area contributed by atoms with Gasteiger partial charge in [0.25, 0.3) is 0 Å². The van der Waals surface area contributed by atoms with Gasteiger partial charge in [0, 0.05) is 26.2 Å². The first-order valence-corrected chi connectivity index (χ1v) is 5.79. The van der Waals surface area contributed by atoms with E-state index in [0.29, 0.717) is 32.2 Å². The summed E-state index contributed by atoms with van der Waals surface area (Å²) in [5.41, 5.74) is -1.14. The highest BCUT2D eigenvalue weighted by molar-refractivity contribution is 5.89. The van der Waals surface area contributed by atoms with Crippen LogP contribution in [-0.4, -0.2) is 54.3 Å². The normalized spacial score (nSPS) is 16.7. The molecule has 0 spiro atoms. The summed E-state index contributed by atoms with van der Waals surface area (Å²) in [5.74, 6) is -4.79. The van der Waals surface area contributed by atoms with Crippen molar-refractivity contribution in [1.29, 1.82) is 0 Å². The fourth-order valence-electron chi connectivity index (χ4n) is 2.09. The molecule has 2 N–H and O–H groups in total. The van der Waals surface area contributed by atoms with E-state index >= 15 is 0 Å². The minimum Gasteiger partial charge on any atom is -0.503 e. The zero-order chi connectivity index (χ0) is 14.2. The van der Waals surface area contributed by atoms with E-state index in [9.17, 15) is 18.7 Å². The second-order valence-corrected chi connectivity index (χ2v) is 4.51. The van der Waals surface area contributed by atoms with Crippen LogP contribution in [0.25, 0.3) is 0 Å². The molecule has 0 unspecified atom stereocenters. The third-order valence-corrected chi connectivity index (χ3v) is 3.22. The third-order valence-electron chi connectivity index (χ3n) is 3.22. The molecule has 19 heavy (non-hydrogen) atoms. The van der Waals surface area contributed by atoms with Crippen molar-refractivity contribution in [2.24, 2.45) is 0 Å². The van der Waals surface area contributed by atoms with Crippen LogP contribution >= 0.6 is 0 Å². The Balaban J connectivity index is 2.41. The lowest BCUT2D eigenvalue weighted by Crippen LogP contribution is -2.44. The molecule has 1 aliphatic heterocycles. The number of carbonyl (C=O) groups is 1. The van der Waals surface area contributed by atoms with E-state index in [1.165, 1.54) is 4.90 Å². The largest absolute Gasteiger partial charge is 0.503 e. The Hall–Kier alpha value is -1.89. The van der Waals surface area contributed by atoms with Gasteiger partial charge < -0.3 is 20.0 Å². The standard InChI is InChI=1S/C12H14F2N2O3/c1-15-2-4-16(5-3-15)10-8(13)6-7(12(18)19)9(14)11(10)17/h6,17H,2-5H2,1H3,(H,18,19). The SMILES string of the molecule is CN1CCN(c2c(F)cc(C(=O)O)c(F)c2O)CC1. The molecule has 1 aliphatic rings. The highest BCUT2D eigenvalue weighted by Gasteiger charge is 2.26. The van der Waals surface area contributed by atoms with E-state index < -0.39 is 28.9 Å². The summed E-state index contributed by atoms with van der Waals surface area (Å²) in [7, 11) is 1.90. The van der Waals surface area contributed by atoms with E-state index in [1.54, 1.807) is 0 Å². The number of aromatic carboxylic acids is 1. The Bertz CT molecular complexity index is 514. The summed E-state index contributed by atoms with van der Waals surface area (Å²) < 4.78 is 27.6. The van der Waals surface area contributed by atoms with Crippen molar-refractivity contribution in [3.8, 4) is 5.75 Å². The van der Waals surface area contributed by atoms with Gasteiger partial charge in [0.15, 0.2) is 17.4 Å². The molecule has 2 rings (SSSR count). The van der Waals surface area contributed by atoms with Crippen LogP contribution in [0.5, 0.6) is 5.75 Å². The topological polar surface area (TPSA) is 64.0 Å². The van der Waals surface area contributed by atoms with Crippen LogP contribution in [0.1, 0.15) is 10.4 Å². The number of nitrogens with zero attached hydrogens (tertiary/aromatic N) is 2. The van der Waals surface area contributed by atoms with Crippen molar-refractivity contribution in [3.05, 3.63) is 23.3 Å². The van der Waals surface area contributed by atoms with E-state index in [2.05, 4.69) is 0 Å². The number of carboxylic acid groups (broad SMARTS) is 1. The van der Waals surface area contributed by atoms with Crippen LogP contribution in [0.3, 0.4) is 0 Å². The van der Waals surface area contributed by atoms with Crippen molar-refractivity contribution >= 4 is 11.7 Å². The quantitative estimate of drug-likeness (QED) is 0.844.